The second-order valence-electron chi connectivity index (χ2n) is 3.51. The molecule has 0 saturated carbocycles. The summed E-state index contributed by atoms with van der Waals surface area (Å²) < 4.78 is 29.9. The van der Waals surface area contributed by atoms with Gasteiger partial charge in [0, 0.05) is 30.0 Å². The molecule has 10 heteroatoms. The third kappa shape index (κ3) is 3.59. The summed E-state index contributed by atoms with van der Waals surface area (Å²) in [6.45, 7) is 0. The lowest BCUT2D eigenvalue weighted by molar-refractivity contribution is -0.131. The number of pyridine rings is 1. The maximum Gasteiger partial charge on any atom is 0.328 e. The van der Waals surface area contributed by atoms with E-state index in [1.54, 1.807) is 0 Å². The van der Waals surface area contributed by atoms with E-state index in [9.17, 15) is 13.2 Å². The molecular weight excluding hydrogens is 304 g/mol. The highest BCUT2D eigenvalue weighted by Gasteiger charge is 2.16. The van der Waals surface area contributed by atoms with Crippen LogP contribution in [0, 0.1) is 0 Å². The topological polar surface area (TPSA) is 122 Å². The van der Waals surface area contributed by atoms with E-state index in [4.69, 9.17) is 5.11 Å². The molecule has 0 aromatic carbocycles. The monoisotopic (exact) mass is 312 g/mol. The zero-order valence-electron chi connectivity index (χ0n) is 9.79. The smallest absolute Gasteiger partial charge is 0.328 e. The van der Waals surface area contributed by atoms with Crippen molar-refractivity contribution in [1.29, 1.82) is 0 Å². The van der Waals surface area contributed by atoms with Gasteiger partial charge >= 0.3 is 5.97 Å². The van der Waals surface area contributed by atoms with Crippen molar-refractivity contribution >= 4 is 38.6 Å². The molecule has 0 saturated heterocycles. The number of nitrogens with one attached hydrogen (secondary N) is 1. The molecule has 2 heterocycles. The van der Waals surface area contributed by atoms with Gasteiger partial charge in [-0.3, -0.25) is 9.71 Å². The summed E-state index contributed by atoms with van der Waals surface area (Å²) in [4.78, 5) is 14.1. The number of nitrogens with zero attached hydrogens (tertiary/aromatic N) is 3. The van der Waals surface area contributed by atoms with Gasteiger partial charge in [0.2, 0.25) is 0 Å². The number of hydrogen-bond acceptors (Lipinski definition) is 7. The van der Waals surface area contributed by atoms with Gasteiger partial charge in [-0.25, -0.2) is 13.2 Å². The van der Waals surface area contributed by atoms with Gasteiger partial charge < -0.3 is 5.11 Å². The predicted octanol–water partition coefficient (Wildman–Crippen LogP) is 0.832. The van der Waals surface area contributed by atoms with Crippen molar-refractivity contribution in [1.82, 2.24) is 14.6 Å². The van der Waals surface area contributed by atoms with E-state index in [0.29, 0.717) is 5.56 Å². The average molecular weight is 312 g/mol. The maximum atomic E-state index is 12.0. The van der Waals surface area contributed by atoms with Crippen molar-refractivity contribution in [2.24, 2.45) is 0 Å². The molecular formula is C10H8N4O4S2. The molecule has 0 fully saturated rings. The average Bonchev–Trinajstić information content (AvgIpc) is 2.89. The Kier molecular flexibility index (Phi) is 4.05. The van der Waals surface area contributed by atoms with Crippen LogP contribution < -0.4 is 4.72 Å². The minimum absolute atomic E-state index is 0.0848. The van der Waals surface area contributed by atoms with Gasteiger partial charge in [-0.2, -0.15) is 0 Å². The SMILES string of the molecule is O=C(O)/C=C/c1cncc(S(=O)(=O)Nc2cnns2)c1. The van der Waals surface area contributed by atoms with Crippen molar-refractivity contribution in [2.45, 2.75) is 4.90 Å². The van der Waals surface area contributed by atoms with Gasteiger partial charge in [0.15, 0.2) is 0 Å². The number of carbonyl (C=O) groups is 1. The molecule has 0 aliphatic rings. The lowest BCUT2D eigenvalue weighted by atomic mass is 10.2. The standard InChI is InChI=1S/C10H8N4O4S2/c15-10(16)2-1-7-3-8(5-11-4-7)20(17,18)13-9-6-12-14-19-9/h1-6,13H,(H,15,16)/b2-1+. The third-order valence-corrected chi connectivity index (χ3v) is 4.10. The van der Waals surface area contributed by atoms with E-state index in [1.807, 2.05) is 0 Å². The minimum Gasteiger partial charge on any atom is -0.478 e. The summed E-state index contributed by atoms with van der Waals surface area (Å²) in [5.74, 6) is -1.13. The summed E-state index contributed by atoms with van der Waals surface area (Å²) in [5.41, 5.74) is 0.359. The van der Waals surface area contributed by atoms with E-state index >= 15 is 0 Å². The van der Waals surface area contributed by atoms with Crippen molar-refractivity contribution < 1.29 is 18.3 Å². The molecule has 0 aliphatic heterocycles. The van der Waals surface area contributed by atoms with Crippen LogP contribution in [-0.2, 0) is 14.8 Å². The molecule has 2 aromatic rings. The van der Waals surface area contributed by atoms with E-state index < -0.39 is 16.0 Å². The Morgan fingerprint density at radius 1 is 1.35 bits per heavy atom. The van der Waals surface area contributed by atoms with Gasteiger partial charge in [-0.15, -0.1) is 5.10 Å². The number of rotatable bonds is 5. The predicted molar refractivity (Wildman–Crippen MR) is 71.6 cm³/mol. The van der Waals surface area contributed by atoms with Crippen LogP contribution in [0.3, 0.4) is 0 Å². The zero-order valence-corrected chi connectivity index (χ0v) is 11.4. The minimum atomic E-state index is -3.81. The second kappa shape index (κ2) is 5.75. The van der Waals surface area contributed by atoms with Crippen molar-refractivity contribution in [3.05, 3.63) is 36.3 Å². The van der Waals surface area contributed by atoms with Crippen LogP contribution in [0.4, 0.5) is 5.00 Å². The van der Waals surface area contributed by atoms with Crippen LogP contribution >= 0.6 is 11.5 Å². The van der Waals surface area contributed by atoms with E-state index in [2.05, 4.69) is 19.3 Å². The molecule has 20 heavy (non-hydrogen) atoms. The first-order valence-electron chi connectivity index (χ1n) is 5.13. The fourth-order valence-electron chi connectivity index (χ4n) is 1.24. The lowest BCUT2D eigenvalue weighted by Crippen LogP contribution is -2.12. The normalized spacial score (nSPS) is 11.6. The van der Waals surface area contributed by atoms with Crippen LogP contribution in [-0.4, -0.2) is 34.1 Å². The largest absolute Gasteiger partial charge is 0.478 e. The molecule has 2 N–H and O–H groups in total. The highest BCUT2D eigenvalue weighted by Crippen LogP contribution is 2.18. The molecule has 0 atom stereocenters. The zero-order chi connectivity index (χ0) is 14.6. The first-order chi connectivity index (χ1) is 9.47. The van der Waals surface area contributed by atoms with Crippen LogP contribution in [0.1, 0.15) is 5.56 Å². The Balaban J connectivity index is 2.28. The lowest BCUT2D eigenvalue weighted by Gasteiger charge is -2.05. The summed E-state index contributed by atoms with van der Waals surface area (Å²) in [6.07, 6.45) is 5.95. The maximum absolute atomic E-state index is 12.0. The number of aliphatic carboxylic acids is 1. The summed E-state index contributed by atoms with van der Waals surface area (Å²) in [6, 6.07) is 1.31. The van der Waals surface area contributed by atoms with E-state index in [0.717, 1.165) is 23.8 Å². The molecule has 2 rings (SSSR count). The molecule has 2 aromatic heterocycles. The Hall–Kier alpha value is -2.33. The Morgan fingerprint density at radius 3 is 2.80 bits per heavy atom. The number of sulfonamides is 1. The molecule has 8 nitrogen and oxygen atoms in total. The molecule has 104 valence electrons. The second-order valence-corrected chi connectivity index (χ2v) is 5.98. The van der Waals surface area contributed by atoms with E-state index in [1.165, 1.54) is 24.5 Å². The van der Waals surface area contributed by atoms with Gasteiger partial charge in [0.25, 0.3) is 10.0 Å². The molecule has 0 unspecified atom stereocenters. The van der Waals surface area contributed by atoms with Crippen molar-refractivity contribution in [2.75, 3.05) is 4.72 Å². The van der Waals surface area contributed by atoms with Crippen LogP contribution in [0.2, 0.25) is 0 Å². The summed E-state index contributed by atoms with van der Waals surface area (Å²) >= 11 is 0.899. The van der Waals surface area contributed by atoms with Crippen molar-refractivity contribution in [3.63, 3.8) is 0 Å². The van der Waals surface area contributed by atoms with E-state index in [-0.39, 0.29) is 9.90 Å². The first-order valence-corrected chi connectivity index (χ1v) is 7.39. The number of hydrogen-bond donors (Lipinski definition) is 2. The fraction of sp³-hybridized carbons (Fsp3) is 0. The Labute approximate surface area is 118 Å². The summed E-state index contributed by atoms with van der Waals surface area (Å²) in [5, 5.41) is 12.3. The highest BCUT2D eigenvalue weighted by molar-refractivity contribution is 7.93. The number of anilines is 1. The number of carboxylic acid groups (broad SMARTS) is 1. The molecule has 0 radical (unpaired) electrons. The van der Waals surface area contributed by atoms with Crippen LogP contribution in [0.25, 0.3) is 6.08 Å². The first kappa shape index (κ1) is 14.1. The van der Waals surface area contributed by atoms with Crippen molar-refractivity contribution in [3.8, 4) is 0 Å². The number of carboxylic acids is 1. The van der Waals surface area contributed by atoms with Gasteiger partial charge in [-0.1, -0.05) is 4.49 Å². The van der Waals surface area contributed by atoms with Gasteiger partial charge in [-0.05, 0) is 17.7 Å². The molecule has 0 bridgehead atoms. The molecule has 0 aliphatic carbocycles. The fourth-order valence-corrected chi connectivity index (χ4v) is 2.93. The Bertz CT molecular complexity index is 740. The third-order valence-electron chi connectivity index (χ3n) is 2.06. The Morgan fingerprint density at radius 2 is 2.15 bits per heavy atom. The van der Waals surface area contributed by atoms with Gasteiger partial charge in [0.1, 0.15) is 9.90 Å². The molecule has 0 spiro atoms. The van der Waals surface area contributed by atoms with Crippen LogP contribution in [0.15, 0.2) is 35.6 Å². The highest BCUT2D eigenvalue weighted by atomic mass is 32.2. The quantitative estimate of drug-likeness (QED) is 0.784. The van der Waals surface area contributed by atoms with Crippen LogP contribution in [0.5, 0.6) is 0 Å². The summed E-state index contributed by atoms with van der Waals surface area (Å²) in [7, 11) is -3.81. The number of aromatic nitrogens is 3. The molecule has 0 amide bonds. The van der Waals surface area contributed by atoms with Gasteiger partial charge in [0.05, 0.1) is 6.20 Å².